The number of anilines is 1. The largest absolute Gasteiger partial charge is 0.467 e. The lowest BCUT2D eigenvalue weighted by atomic mass is 9.65. The third-order valence-corrected chi connectivity index (χ3v) is 21.7. The molecule has 1 spiro atoms. The summed E-state index contributed by atoms with van der Waals surface area (Å²) in [6, 6.07) is 15.2. The highest BCUT2D eigenvalue weighted by atomic mass is 32.1. The van der Waals surface area contributed by atoms with Gasteiger partial charge in [-0.25, -0.2) is 18.2 Å². The number of ether oxygens (including phenoxy) is 1. The average molecular weight is 1230 g/mol. The number of benzene rings is 3. The van der Waals surface area contributed by atoms with E-state index in [0.717, 1.165) is 141 Å². The number of aromatic nitrogens is 6. The Hall–Kier alpha value is -7.25. The van der Waals surface area contributed by atoms with Crippen molar-refractivity contribution in [2.45, 2.75) is 141 Å². The van der Waals surface area contributed by atoms with E-state index in [1.54, 1.807) is 41.8 Å². The number of thiophene rings is 1. The first-order chi connectivity index (χ1) is 42.4. The van der Waals surface area contributed by atoms with E-state index in [-0.39, 0.29) is 41.0 Å². The first kappa shape index (κ1) is 59.7. The Morgan fingerprint density at radius 3 is 2.36 bits per heavy atom. The van der Waals surface area contributed by atoms with Crippen molar-refractivity contribution < 1.29 is 32.3 Å². The molecule has 6 aliphatic rings. The van der Waals surface area contributed by atoms with Gasteiger partial charge in [-0.05, 0) is 136 Å². The van der Waals surface area contributed by atoms with Crippen LogP contribution in [0.2, 0.25) is 0 Å². The van der Waals surface area contributed by atoms with Crippen molar-refractivity contribution in [1.29, 1.82) is 0 Å². The van der Waals surface area contributed by atoms with Crippen LogP contribution in [-0.2, 0) is 20.9 Å². The van der Waals surface area contributed by atoms with Gasteiger partial charge in [0, 0.05) is 91.5 Å². The lowest BCUT2D eigenvalue weighted by molar-refractivity contribution is -0.144. The summed E-state index contributed by atoms with van der Waals surface area (Å²) in [6.45, 7) is 12.8. The van der Waals surface area contributed by atoms with Crippen molar-refractivity contribution in [1.82, 2.24) is 55.9 Å². The zero-order valence-electron chi connectivity index (χ0n) is 50.5. The molecule has 14 rings (SSSR count). The SMILES string of the molecule is C#Cc1c(F)ccc2cc3[nH]ncc3c(-c3nccc4c3sc3nc(OC)nc(N5CC6CCC(C5)N6)c34)c12.Cc1ncsc1-c1ccc(CNC(=O)C2CCCN2C(=O)C(NC(=O)CC2CCC3(CC2)CCN(CC2CC2(F)F)CC3)C(C)(C)C)cc1. The minimum Gasteiger partial charge on any atom is -0.467 e. The summed E-state index contributed by atoms with van der Waals surface area (Å²) in [4.78, 5) is 67.8. The van der Waals surface area contributed by atoms with Gasteiger partial charge in [0.25, 0.3) is 5.92 Å². The molecule has 5 atom stereocenters. The third kappa shape index (κ3) is 11.8. The smallest absolute Gasteiger partial charge is 0.319 e. The van der Waals surface area contributed by atoms with Crippen LogP contribution in [0.5, 0.6) is 6.01 Å². The van der Waals surface area contributed by atoms with E-state index in [4.69, 9.17) is 26.1 Å². The van der Waals surface area contributed by atoms with Crippen molar-refractivity contribution in [3.8, 4) is 40.1 Å². The predicted octanol–water partition coefficient (Wildman–Crippen LogP) is 11.6. The standard InChI is InChI=1S/C38H53F2N5O3S.C29H22FN7OS/c1-25-32(49-24-42-25)28-9-7-27(8-10-28)22-41-34(47)30-6-5-17-45(30)35(48)33(36(2,3)4)43-31(46)20-26-11-13-37(14-12-26)15-18-44(19-16-37)23-29-21-38(29,39)40;1-3-17-20(30)7-4-14-10-21-19(11-32-36-21)23(22(14)17)25-26-18(8-9-31-25)24-27(34-29(38-2)35-28(24)39-26)37-12-15-5-6-16(13-37)33-15/h7-10,24,26,29-30,33H,5-6,11-23H2,1-4H3,(H,41,47)(H,43,46);1,4,7-11,15-16,33H,5-6,12-13H2,2H3,(H,32,36). The third-order valence-electron chi connectivity index (χ3n) is 19.6. The molecular formula is C67H75F3N12O4S2. The Morgan fingerprint density at radius 2 is 1.68 bits per heavy atom. The van der Waals surface area contributed by atoms with Gasteiger partial charge in [-0.2, -0.15) is 15.1 Å². The van der Waals surface area contributed by atoms with Gasteiger partial charge >= 0.3 is 6.01 Å². The first-order valence-corrected chi connectivity index (χ1v) is 32.7. The molecule has 4 aliphatic heterocycles. The summed E-state index contributed by atoms with van der Waals surface area (Å²) in [5, 5.41) is 21.4. The normalized spacial score (nSPS) is 22.0. The van der Waals surface area contributed by atoms with Crippen LogP contribution < -0.4 is 25.6 Å². The second-order valence-electron chi connectivity index (χ2n) is 26.5. The fourth-order valence-corrected chi connectivity index (χ4v) is 16.5. The fraction of sp³-hybridized carbons (Fsp3) is 0.493. The predicted molar refractivity (Wildman–Crippen MR) is 340 cm³/mol. The highest BCUT2D eigenvalue weighted by Gasteiger charge is 2.57. The number of piperidine rings is 1. The summed E-state index contributed by atoms with van der Waals surface area (Å²) in [5.41, 5.74) is 7.17. The Balaban J connectivity index is 0.000000166. The second kappa shape index (κ2) is 23.9. The summed E-state index contributed by atoms with van der Waals surface area (Å²) < 4.78 is 48.3. The summed E-state index contributed by atoms with van der Waals surface area (Å²) >= 11 is 3.14. The molecular weight excluding hydrogens is 1160 g/mol. The van der Waals surface area contributed by atoms with E-state index in [1.165, 1.54) is 30.2 Å². The number of nitrogens with one attached hydrogen (secondary N) is 4. The van der Waals surface area contributed by atoms with Gasteiger partial charge in [-0.15, -0.1) is 29.1 Å². The first-order valence-electron chi connectivity index (χ1n) is 31.0. The van der Waals surface area contributed by atoms with Crippen LogP contribution in [0, 0.1) is 47.8 Å². The van der Waals surface area contributed by atoms with Gasteiger partial charge in [-0.1, -0.05) is 57.0 Å². The van der Waals surface area contributed by atoms with Crippen LogP contribution in [0.1, 0.15) is 115 Å². The quantitative estimate of drug-likeness (QED) is 0.0802. The molecule has 21 heteroatoms. The molecule has 3 amide bonds. The van der Waals surface area contributed by atoms with E-state index in [9.17, 15) is 23.2 Å². The molecule has 460 valence electrons. The molecule has 16 nitrogen and oxygen atoms in total. The number of alkyl halides is 2. The molecule has 9 heterocycles. The number of piperazine rings is 1. The number of pyridine rings is 1. The average Bonchev–Trinajstić information content (AvgIpc) is 1.71. The van der Waals surface area contributed by atoms with Crippen LogP contribution in [-0.4, -0.2) is 134 Å². The van der Waals surface area contributed by atoms with E-state index in [2.05, 4.69) is 46.9 Å². The van der Waals surface area contributed by atoms with E-state index in [1.807, 2.05) is 69.6 Å². The summed E-state index contributed by atoms with van der Waals surface area (Å²) in [6.07, 6.45) is 19.7. The molecule has 5 unspecified atom stereocenters. The molecule has 2 aliphatic carbocycles. The zero-order chi connectivity index (χ0) is 61.2. The van der Waals surface area contributed by atoms with Crippen LogP contribution in [0.25, 0.3) is 63.7 Å². The molecule has 4 saturated heterocycles. The Kier molecular flexibility index (Phi) is 16.2. The highest BCUT2D eigenvalue weighted by Crippen LogP contribution is 2.52. The molecule has 0 radical (unpaired) electrons. The number of aromatic amines is 1. The fourth-order valence-electron chi connectivity index (χ4n) is 14.5. The van der Waals surface area contributed by atoms with Crippen molar-refractivity contribution in [3.63, 3.8) is 0 Å². The summed E-state index contributed by atoms with van der Waals surface area (Å²) in [5.74, 6) is -0.0877. The number of carbonyl (C=O) groups is 3. The number of methoxy groups -OCH3 is 1. The summed E-state index contributed by atoms with van der Waals surface area (Å²) in [7, 11) is 1.59. The Labute approximate surface area is 518 Å². The van der Waals surface area contributed by atoms with Crippen LogP contribution >= 0.6 is 22.7 Å². The molecule has 4 N–H and O–H groups in total. The van der Waals surface area contributed by atoms with Gasteiger partial charge in [0.05, 0.1) is 56.2 Å². The number of aryl methyl sites for hydroxylation is 1. The molecule has 8 aromatic rings. The van der Waals surface area contributed by atoms with Gasteiger partial charge in [0.15, 0.2) is 0 Å². The van der Waals surface area contributed by atoms with Crippen LogP contribution in [0.3, 0.4) is 0 Å². The highest BCUT2D eigenvalue weighted by molar-refractivity contribution is 7.26. The number of rotatable bonds is 13. The van der Waals surface area contributed by atoms with Gasteiger partial charge in [0.2, 0.25) is 17.7 Å². The lowest BCUT2D eigenvalue weighted by Gasteiger charge is -2.46. The van der Waals surface area contributed by atoms with Crippen LogP contribution in [0.15, 0.2) is 66.4 Å². The number of hydrogen-bond acceptors (Lipinski definition) is 14. The number of halogens is 3. The number of thiazole rings is 1. The number of amides is 3. The number of carbonyl (C=O) groups excluding carboxylic acids is 3. The van der Waals surface area contributed by atoms with E-state index >= 15 is 4.39 Å². The minimum atomic E-state index is -2.45. The Morgan fingerprint density at radius 1 is 0.932 bits per heavy atom. The molecule has 3 aromatic carbocycles. The molecule has 88 heavy (non-hydrogen) atoms. The number of likely N-dealkylation sites (tertiary alicyclic amines) is 2. The maximum Gasteiger partial charge on any atom is 0.319 e. The van der Waals surface area contributed by atoms with E-state index < -0.39 is 35.2 Å². The lowest BCUT2D eigenvalue weighted by Crippen LogP contribution is -2.57. The van der Waals surface area contributed by atoms with Gasteiger partial charge < -0.3 is 35.4 Å². The number of terminal acetylenes is 1. The van der Waals surface area contributed by atoms with Crippen LogP contribution in [0.4, 0.5) is 19.0 Å². The van der Waals surface area contributed by atoms with Crippen molar-refractivity contribution >= 4 is 88.2 Å². The number of H-pyrrole nitrogens is 1. The Bertz CT molecular complexity index is 3990. The van der Waals surface area contributed by atoms with E-state index in [0.29, 0.717) is 61.7 Å². The second-order valence-corrected chi connectivity index (χ2v) is 28.3. The minimum absolute atomic E-state index is 0.0405. The topological polar surface area (TPSA) is 186 Å². The number of fused-ring (bicyclic) bond motifs is 7. The van der Waals surface area contributed by atoms with Crippen molar-refractivity contribution in [2.75, 3.05) is 51.3 Å². The molecule has 2 saturated carbocycles. The maximum absolute atomic E-state index is 15.0. The zero-order valence-corrected chi connectivity index (χ0v) is 52.1. The van der Waals surface area contributed by atoms with Gasteiger partial charge in [0.1, 0.15) is 28.5 Å². The molecule has 6 fully saturated rings. The molecule has 2 bridgehead atoms. The van der Waals surface area contributed by atoms with Crippen molar-refractivity contribution in [3.05, 3.63) is 89.1 Å². The number of hydrogen-bond donors (Lipinski definition) is 4. The monoisotopic (exact) mass is 1230 g/mol. The molecule has 5 aromatic heterocycles. The van der Waals surface area contributed by atoms with Crippen molar-refractivity contribution in [2.24, 2.45) is 22.7 Å². The van der Waals surface area contributed by atoms with Gasteiger partial charge in [-0.3, -0.25) is 24.5 Å². The maximum atomic E-state index is 15.0. The number of nitrogens with zero attached hydrogens (tertiary/aromatic N) is 8.